The number of carbonyl (C=O) groups excluding carboxylic acids is 2. The van der Waals surface area contributed by atoms with Crippen LogP contribution in [0, 0.1) is 12.8 Å². The van der Waals surface area contributed by atoms with Gasteiger partial charge in [-0.3, -0.25) is 4.79 Å². The molecule has 0 radical (unpaired) electrons. The molecule has 1 saturated heterocycles. The average Bonchev–Trinajstić information content (AvgIpc) is 2.60. The number of hydrogen-bond acceptors (Lipinski definition) is 3. The summed E-state index contributed by atoms with van der Waals surface area (Å²) in [7, 11) is 0. The molecule has 1 aliphatic rings. The highest BCUT2D eigenvalue weighted by molar-refractivity contribution is 5.76. The average molecular weight is 346 g/mol. The fourth-order valence-corrected chi connectivity index (χ4v) is 2.89. The second kappa shape index (κ2) is 9.44. The van der Waals surface area contributed by atoms with Crippen molar-refractivity contribution in [3.8, 4) is 0 Å². The Bertz CT molecular complexity index is 561. The molecule has 1 fully saturated rings. The fourth-order valence-electron chi connectivity index (χ4n) is 2.89. The van der Waals surface area contributed by atoms with Crippen molar-refractivity contribution >= 4 is 12.0 Å². The number of likely N-dealkylation sites (tertiary alicyclic amines) is 1. The Morgan fingerprint density at radius 2 is 1.84 bits per heavy atom. The van der Waals surface area contributed by atoms with E-state index < -0.39 is 0 Å². The third kappa shape index (κ3) is 6.77. The highest BCUT2D eigenvalue weighted by Crippen LogP contribution is 2.13. The van der Waals surface area contributed by atoms with E-state index in [4.69, 9.17) is 4.74 Å². The van der Waals surface area contributed by atoms with E-state index in [0.29, 0.717) is 32.0 Å². The van der Waals surface area contributed by atoms with Gasteiger partial charge >= 0.3 is 6.09 Å². The molecule has 1 aromatic rings. The third-order valence-corrected chi connectivity index (χ3v) is 4.47. The molecule has 1 aliphatic heterocycles. The summed E-state index contributed by atoms with van der Waals surface area (Å²) in [5.41, 5.74) is 2.43. The van der Waals surface area contributed by atoms with Crippen molar-refractivity contribution in [3.05, 3.63) is 35.4 Å². The Kier molecular flexibility index (Phi) is 7.29. The minimum absolute atomic E-state index is 0.0980. The molecule has 5 heteroatoms. The SMILES string of the molecule is Cc1ccc(CCC(=O)N2CCC(NC(=O)OCC(C)C)CC2)cc1. The molecule has 1 heterocycles. The van der Waals surface area contributed by atoms with Crippen LogP contribution in [0.3, 0.4) is 0 Å². The zero-order chi connectivity index (χ0) is 18.2. The van der Waals surface area contributed by atoms with Crippen LogP contribution in [0.2, 0.25) is 0 Å². The van der Waals surface area contributed by atoms with Gasteiger partial charge < -0.3 is 15.0 Å². The molecular weight excluding hydrogens is 316 g/mol. The molecular formula is C20H30N2O3. The minimum atomic E-state index is -0.349. The monoisotopic (exact) mass is 346 g/mol. The molecule has 0 atom stereocenters. The predicted molar refractivity (Wildman–Crippen MR) is 98.4 cm³/mol. The lowest BCUT2D eigenvalue weighted by molar-refractivity contribution is -0.132. The molecule has 138 valence electrons. The predicted octanol–water partition coefficient (Wildman–Crippen LogP) is 3.30. The standard InChI is InChI=1S/C20H30N2O3/c1-15(2)14-25-20(24)21-18-10-12-22(13-11-18)19(23)9-8-17-6-4-16(3)5-7-17/h4-7,15,18H,8-14H2,1-3H3,(H,21,24). The second-order valence-electron chi connectivity index (χ2n) is 7.28. The molecule has 5 nitrogen and oxygen atoms in total. The summed E-state index contributed by atoms with van der Waals surface area (Å²) < 4.78 is 5.15. The van der Waals surface area contributed by atoms with Crippen LogP contribution in [0.1, 0.15) is 44.2 Å². The zero-order valence-electron chi connectivity index (χ0n) is 15.6. The maximum atomic E-state index is 12.4. The van der Waals surface area contributed by atoms with Crippen molar-refractivity contribution in [2.24, 2.45) is 5.92 Å². The van der Waals surface area contributed by atoms with Gasteiger partial charge in [0.2, 0.25) is 5.91 Å². The number of ether oxygens (including phenoxy) is 1. The van der Waals surface area contributed by atoms with E-state index in [1.54, 1.807) is 0 Å². The highest BCUT2D eigenvalue weighted by Gasteiger charge is 2.24. The van der Waals surface area contributed by atoms with Gasteiger partial charge in [-0.05, 0) is 37.7 Å². The molecule has 2 rings (SSSR count). The van der Waals surface area contributed by atoms with E-state index in [1.165, 1.54) is 11.1 Å². The van der Waals surface area contributed by atoms with Crippen molar-refractivity contribution in [2.75, 3.05) is 19.7 Å². The van der Waals surface area contributed by atoms with Crippen molar-refractivity contribution in [1.82, 2.24) is 10.2 Å². The molecule has 0 aliphatic carbocycles. The molecule has 1 N–H and O–H groups in total. The Hall–Kier alpha value is -2.04. The zero-order valence-corrected chi connectivity index (χ0v) is 15.6. The number of nitrogens with one attached hydrogen (secondary N) is 1. The van der Waals surface area contributed by atoms with E-state index in [1.807, 2.05) is 18.7 Å². The van der Waals surface area contributed by atoms with Gasteiger partial charge in [0, 0.05) is 25.6 Å². The molecule has 0 spiro atoms. The Morgan fingerprint density at radius 3 is 2.44 bits per heavy atom. The quantitative estimate of drug-likeness (QED) is 0.860. The number of rotatable bonds is 6. The number of piperidine rings is 1. The maximum absolute atomic E-state index is 12.4. The number of amides is 2. The Balaban J connectivity index is 1.67. The number of carbonyl (C=O) groups is 2. The first-order valence-corrected chi connectivity index (χ1v) is 9.20. The number of aryl methyl sites for hydroxylation is 2. The van der Waals surface area contributed by atoms with E-state index >= 15 is 0 Å². The van der Waals surface area contributed by atoms with Gasteiger partial charge in [-0.15, -0.1) is 0 Å². The van der Waals surface area contributed by atoms with Crippen LogP contribution in [-0.4, -0.2) is 42.6 Å². The van der Waals surface area contributed by atoms with Crippen molar-refractivity contribution in [1.29, 1.82) is 0 Å². The van der Waals surface area contributed by atoms with E-state index in [2.05, 4.69) is 36.5 Å². The van der Waals surface area contributed by atoms with Gasteiger partial charge in [0.15, 0.2) is 0 Å². The van der Waals surface area contributed by atoms with Crippen molar-refractivity contribution in [2.45, 2.75) is 52.5 Å². The van der Waals surface area contributed by atoms with Crippen LogP contribution in [0.5, 0.6) is 0 Å². The Labute approximate surface area is 150 Å². The normalized spacial score (nSPS) is 15.3. The molecule has 0 bridgehead atoms. The van der Waals surface area contributed by atoms with Gasteiger partial charge in [-0.2, -0.15) is 0 Å². The molecule has 0 aromatic heterocycles. The van der Waals surface area contributed by atoms with E-state index in [0.717, 1.165) is 19.3 Å². The van der Waals surface area contributed by atoms with Crippen LogP contribution >= 0.6 is 0 Å². The number of hydrogen-bond donors (Lipinski definition) is 1. The van der Waals surface area contributed by atoms with Gasteiger partial charge in [0.05, 0.1) is 6.61 Å². The summed E-state index contributed by atoms with van der Waals surface area (Å²) in [6.45, 7) is 7.90. The summed E-state index contributed by atoms with van der Waals surface area (Å²) >= 11 is 0. The van der Waals surface area contributed by atoms with E-state index in [-0.39, 0.29) is 18.0 Å². The van der Waals surface area contributed by atoms with Gasteiger partial charge in [-0.1, -0.05) is 43.7 Å². The first-order chi connectivity index (χ1) is 11.9. The molecule has 1 aromatic carbocycles. The van der Waals surface area contributed by atoms with Crippen molar-refractivity contribution in [3.63, 3.8) is 0 Å². The van der Waals surface area contributed by atoms with Crippen LogP contribution < -0.4 is 5.32 Å². The lowest BCUT2D eigenvalue weighted by Crippen LogP contribution is -2.46. The summed E-state index contributed by atoms with van der Waals surface area (Å²) in [6, 6.07) is 8.43. The number of nitrogens with zero attached hydrogens (tertiary/aromatic N) is 1. The summed E-state index contributed by atoms with van der Waals surface area (Å²) in [5.74, 6) is 0.528. The molecule has 25 heavy (non-hydrogen) atoms. The molecule has 2 amide bonds. The summed E-state index contributed by atoms with van der Waals surface area (Å²) in [4.78, 5) is 26.0. The molecule has 0 saturated carbocycles. The van der Waals surface area contributed by atoms with Crippen LogP contribution in [0.4, 0.5) is 4.79 Å². The maximum Gasteiger partial charge on any atom is 0.407 e. The van der Waals surface area contributed by atoms with Gasteiger partial charge in [0.25, 0.3) is 0 Å². The van der Waals surface area contributed by atoms with Crippen LogP contribution in [0.15, 0.2) is 24.3 Å². The lowest BCUT2D eigenvalue weighted by Gasteiger charge is -2.32. The van der Waals surface area contributed by atoms with Gasteiger partial charge in [-0.25, -0.2) is 4.79 Å². The smallest absolute Gasteiger partial charge is 0.407 e. The third-order valence-electron chi connectivity index (χ3n) is 4.47. The Morgan fingerprint density at radius 1 is 1.20 bits per heavy atom. The fraction of sp³-hybridized carbons (Fsp3) is 0.600. The highest BCUT2D eigenvalue weighted by atomic mass is 16.5. The number of alkyl carbamates (subject to hydrolysis) is 1. The van der Waals surface area contributed by atoms with Crippen LogP contribution in [0.25, 0.3) is 0 Å². The van der Waals surface area contributed by atoms with E-state index in [9.17, 15) is 9.59 Å². The summed E-state index contributed by atoms with van der Waals surface area (Å²) in [5, 5.41) is 2.90. The minimum Gasteiger partial charge on any atom is -0.449 e. The van der Waals surface area contributed by atoms with Gasteiger partial charge in [0.1, 0.15) is 0 Å². The largest absolute Gasteiger partial charge is 0.449 e. The van der Waals surface area contributed by atoms with Crippen molar-refractivity contribution < 1.29 is 14.3 Å². The molecule has 0 unspecified atom stereocenters. The first kappa shape index (κ1) is 19.3. The first-order valence-electron chi connectivity index (χ1n) is 9.20. The number of benzene rings is 1. The second-order valence-corrected chi connectivity index (χ2v) is 7.28. The summed E-state index contributed by atoms with van der Waals surface area (Å²) in [6.07, 6.45) is 2.54. The lowest BCUT2D eigenvalue weighted by atomic mass is 10.0. The van der Waals surface area contributed by atoms with Crippen LogP contribution in [-0.2, 0) is 16.0 Å². The topological polar surface area (TPSA) is 58.6 Å².